The van der Waals surface area contributed by atoms with Crippen LogP contribution in [-0.2, 0) is 9.47 Å². The number of hydrogen-bond donors (Lipinski definition) is 1. The summed E-state index contributed by atoms with van der Waals surface area (Å²) >= 11 is 3.31. The van der Waals surface area contributed by atoms with Gasteiger partial charge in [0, 0.05) is 30.0 Å². The largest absolute Gasteiger partial charge is 0.465 e. The molecule has 0 saturated carbocycles. The topological polar surface area (TPSA) is 80.8 Å². The van der Waals surface area contributed by atoms with Gasteiger partial charge in [-0.2, -0.15) is 0 Å². The van der Waals surface area contributed by atoms with E-state index in [1.165, 1.54) is 13.3 Å². The second-order valence-corrected chi connectivity index (χ2v) is 6.58. The number of methoxy groups -OCH3 is 1. The molecule has 2 heterocycles. The highest BCUT2D eigenvalue weighted by molar-refractivity contribution is 9.10. The molecule has 0 spiro atoms. The zero-order valence-electron chi connectivity index (χ0n) is 14.2. The first kappa shape index (κ1) is 18.3. The molecule has 1 N–H and O–H groups in total. The number of carbonyl (C=O) groups is 2. The van der Waals surface area contributed by atoms with Crippen molar-refractivity contribution in [2.45, 2.75) is 0 Å². The summed E-state index contributed by atoms with van der Waals surface area (Å²) in [5, 5.41) is 2.88. The van der Waals surface area contributed by atoms with Gasteiger partial charge in [-0.1, -0.05) is 0 Å². The molecular weight excluding hydrogens is 402 g/mol. The number of ether oxygens (including phenoxy) is 2. The van der Waals surface area contributed by atoms with E-state index < -0.39 is 5.97 Å². The normalized spacial score (nSPS) is 14.0. The number of hydrogen-bond acceptors (Lipinski definition) is 6. The molecule has 0 aliphatic carbocycles. The number of morpholine rings is 1. The zero-order valence-corrected chi connectivity index (χ0v) is 15.8. The summed E-state index contributed by atoms with van der Waals surface area (Å²) in [6, 6.07) is 6.81. The van der Waals surface area contributed by atoms with Crippen LogP contribution in [0.25, 0.3) is 0 Å². The maximum atomic E-state index is 12.6. The number of nitrogens with zero attached hydrogens (tertiary/aromatic N) is 2. The Balaban J connectivity index is 1.93. The van der Waals surface area contributed by atoms with Gasteiger partial charge in [-0.05, 0) is 40.2 Å². The van der Waals surface area contributed by atoms with E-state index in [-0.39, 0.29) is 5.91 Å². The molecule has 0 atom stereocenters. The van der Waals surface area contributed by atoms with Gasteiger partial charge < -0.3 is 19.7 Å². The molecule has 136 valence electrons. The van der Waals surface area contributed by atoms with E-state index in [4.69, 9.17) is 9.47 Å². The lowest BCUT2D eigenvalue weighted by Crippen LogP contribution is -2.36. The molecule has 1 aliphatic rings. The Morgan fingerprint density at radius 1 is 1.19 bits per heavy atom. The number of halogens is 1. The summed E-state index contributed by atoms with van der Waals surface area (Å²) in [5.74, 6) is -0.770. The molecule has 1 aliphatic heterocycles. The van der Waals surface area contributed by atoms with E-state index in [1.807, 2.05) is 6.07 Å². The third-order valence-corrected chi connectivity index (χ3v) is 4.42. The van der Waals surface area contributed by atoms with Gasteiger partial charge in [0.25, 0.3) is 5.91 Å². The van der Waals surface area contributed by atoms with E-state index in [0.717, 1.165) is 5.69 Å². The first-order valence-corrected chi connectivity index (χ1v) is 8.85. The van der Waals surface area contributed by atoms with Gasteiger partial charge in [0.2, 0.25) is 0 Å². The van der Waals surface area contributed by atoms with Crippen molar-refractivity contribution in [2.75, 3.05) is 43.6 Å². The molecule has 0 unspecified atom stereocenters. The van der Waals surface area contributed by atoms with E-state index in [9.17, 15) is 9.59 Å². The molecule has 1 saturated heterocycles. The van der Waals surface area contributed by atoms with Crippen LogP contribution in [-0.4, -0.2) is 50.3 Å². The minimum Gasteiger partial charge on any atom is -0.465 e. The first-order valence-electron chi connectivity index (χ1n) is 8.05. The van der Waals surface area contributed by atoms with Crippen LogP contribution in [0.15, 0.2) is 41.1 Å². The number of nitrogens with one attached hydrogen (secondary N) is 1. The smallest absolute Gasteiger partial charge is 0.337 e. The van der Waals surface area contributed by atoms with Gasteiger partial charge >= 0.3 is 5.97 Å². The van der Waals surface area contributed by atoms with Crippen LogP contribution in [0.5, 0.6) is 0 Å². The average molecular weight is 420 g/mol. The van der Waals surface area contributed by atoms with Crippen LogP contribution in [0.4, 0.5) is 11.4 Å². The summed E-state index contributed by atoms with van der Waals surface area (Å²) in [6.45, 7) is 2.64. The van der Waals surface area contributed by atoms with Crippen LogP contribution in [0.2, 0.25) is 0 Å². The van der Waals surface area contributed by atoms with Crippen molar-refractivity contribution < 1.29 is 19.1 Å². The highest BCUT2D eigenvalue weighted by Crippen LogP contribution is 2.29. The third-order valence-electron chi connectivity index (χ3n) is 3.98. The van der Waals surface area contributed by atoms with Gasteiger partial charge in [0.1, 0.15) is 0 Å². The molecule has 1 amide bonds. The van der Waals surface area contributed by atoms with Crippen molar-refractivity contribution in [3.8, 4) is 0 Å². The lowest BCUT2D eigenvalue weighted by atomic mass is 10.1. The Hall–Kier alpha value is -2.45. The molecule has 1 aromatic carbocycles. The van der Waals surface area contributed by atoms with Crippen molar-refractivity contribution in [1.82, 2.24) is 4.98 Å². The maximum absolute atomic E-state index is 12.6. The number of benzene rings is 1. The number of aromatic nitrogens is 1. The Kier molecular flexibility index (Phi) is 5.85. The van der Waals surface area contributed by atoms with E-state index in [1.54, 1.807) is 24.4 Å². The van der Waals surface area contributed by atoms with Crippen LogP contribution < -0.4 is 10.2 Å². The molecule has 1 aromatic heterocycles. The summed E-state index contributed by atoms with van der Waals surface area (Å²) in [6.07, 6.45) is 3.09. The van der Waals surface area contributed by atoms with Crippen molar-refractivity contribution in [2.24, 2.45) is 0 Å². The lowest BCUT2D eigenvalue weighted by molar-refractivity contribution is 0.0600. The van der Waals surface area contributed by atoms with Gasteiger partial charge in [-0.3, -0.25) is 9.78 Å². The van der Waals surface area contributed by atoms with Gasteiger partial charge in [0.05, 0.1) is 42.8 Å². The Morgan fingerprint density at radius 3 is 2.65 bits per heavy atom. The quantitative estimate of drug-likeness (QED) is 0.767. The Morgan fingerprint density at radius 2 is 1.96 bits per heavy atom. The van der Waals surface area contributed by atoms with Gasteiger partial charge in [-0.25, -0.2) is 4.79 Å². The second-order valence-electron chi connectivity index (χ2n) is 5.67. The number of amides is 1. The van der Waals surface area contributed by atoms with E-state index >= 15 is 0 Å². The fourth-order valence-corrected chi connectivity index (χ4v) is 3.06. The predicted molar refractivity (Wildman–Crippen MR) is 101 cm³/mol. The average Bonchev–Trinajstić information content (AvgIpc) is 2.68. The molecule has 26 heavy (non-hydrogen) atoms. The summed E-state index contributed by atoms with van der Waals surface area (Å²) in [4.78, 5) is 30.6. The molecule has 1 fully saturated rings. The SMILES string of the molecule is COC(=O)c1ccc(N2CCOCC2)c(NC(=O)c2cncc(Br)c2)c1. The number of carbonyl (C=O) groups excluding carboxylic acids is 2. The molecule has 0 radical (unpaired) electrons. The maximum Gasteiger partial charge on any atom is 0.337 e. The fourth-order valence-electron chi connectivity index (χ4n) is 2.69. The predicted octanol–water partition coefficient (Wildman–Crippen LogP) is 2.72. The minimum atomic E-state index is -0.460. The van der Waals surface area contributed by atoms with Crippen molar-refractivity contribution in [3.63, 3.8) is 0 Å². The molecule has 7 nitrogen and oxygen atoms in total. The first-order chi connectivity index (χ1) is 12.6. The lowest BCUT2D eigenvalue weighted by Gasteiger charge is -2.30. The van der Waals surface area contributed by atoms with Crippen molar-refractivity contribution in [3.05, 3.63) is 52.3 Å². The van der Waals surface area contributed by atoms with E-state index in [2.05, 4.69) is 31.1 Å². The second kappa shape index (κ2) is 8.29. The van der Waals surface area contributed by atoms with Crippen LogP contribution in [0.3, 0.4) is 0 Å². The Labute approximate surface area is 159 Å². The molecule has 2 aromatic rings. The fraction of sp³-hybridized carbons (Fsp3) is 0.278. The van der Waals surface area contributed by atoms with Crippen LogP contribution >= 0.6 is 15.9 Å². The Bertz CT molecular complexity index is 822. The summed E-state index contributed by atoms with van der Waals surface area (Å²) in [7, 11) is 1.32. The van der Waals surface area contributed by atoms with E-state index in [0.29, 0.717) is 47.6 Å². The van der Waals surface area contributed by atoms with Gasteiger partial charge in [0.15, 0.2) is 0 Å². The van der Waals surface area contributed by atoms with Crippen LogP contribution in [0, 0.1) is 0 Å². The molecular formula is C18H18BrN3O4. The summed E-state index contributed by atoms with van der Waals surface area (Å²) in [5.41, 5.74) is 2.15. The minimum absolute atomic E-state index is 0.310. The molecule has 3 rings (SSSR count). The highest BCUT2D eigenvalue weighted by atomic mass is 79.9. The summed E-state index contributed by atoms with van der Waals surface area (Å²) < 4.78 is 10.9. The van der Waals surface area contributed by atoms with Crippen molar-refractivity contribution in [1.29, 1.82) is 0 Å². The monoisotopic (exact) mass is 419 g/mol. The number of rotatable bonds is 4. The standard InChI is InChI=1S/C18H18BrN3O4/c1-25-18(24)12-2-3-16(22-4-6-26-7-5-22)15(9-12)21-17(23)13-8-14(19)11-20-10-13/h2-3,8-11H,4-7H2,1H3,(H,21,23). The van der Waals surface area contributed by atoms with Gasteiger partial charge in [-0.15, -0.1) is 0 Å². The number of esters is 1. The van der Waals surface area contributed by atoms with Crippen molar-refractivity contribution >= 4 is 39.2 Å². The number of pyridine rings is 1. The third kappa shape index (κ3) is 4.20. The molecule has 8 heteroatoms. The molecule has 0 bridgehead atoms. The zero-order chi connectivity index (χ0) is 18.5. The van der Waals surface area contributed by atoms with Crippen LogP contribution in [0.1, 0.15) is 20.7 Å². The number of anilines is 2. The highest BCUT2D eigenvalue weighted by Gasteiger charge is 2.19.